The van der Waals surface area contributed by atoms with Crippen molar-refractivity contribution in [2.75, 3.05) is 19.7 Å². The number of aliphatic hydroxyl groups is 1. The number of nitrogens with zero attached hydrogens (tertiary/aromatic N) is 1. The molecule has 0 bridgehead atoms. The van der Waals surface area contributed by atoms with Gasteiger partial charge in [-0.2, -0.15) is 0 Å². The van der Waals surface area contributed by atoms with E-state index in [0.717, 1.165) is 25.9 Å². The predicted octanol–water partition coefficient (Wildman–Crippen LogP) is 1.52. The summed E-state index contributed by atoms with van der Waals surface area (Å²) in [5.74, 6) is 1.05. The van der Waals surface area contributed by atoms with Crippen molar-refractivity contribution in [3.8, 4) is 0 Å². The van der Waals surface area contributed by atoms with Gasteiger partial charge in [0.15, 0.2) is 0 Å². The van der Waals surface area contributed by atoms with Gasteiger partial charge in [-0.15, -0.1) is 0 Å². The molecule has 1 aromatic heterocycles. The highest BCUT2D eigenvalue weighted by Crippen LogP contribution is 2.16. The summed E-state index contributed by atoms with van der Waals surface area (Å²) >= 11 is 0. The van der Waals surface area contributed by atoms with Gasteiger partial charge >= 0.3 is 0 Å². The minimum Gasteiger partial charge on any atom is -0.465 e. The summed E-state index contributed by atoms with van der Waals surface area (Å²) in [7, 11) is 0. The van der Waals surface area contributed by atoms with Gasteiger partial charge in [-0.1, -0.05) is 0 Å². The molecule has 0 radical (unpaired) electrons. The molecule has 4 heteroatoms. The van der Waals surface area contributed by atoms with E-state index in [1.54, 1.807) is 18.4 Å². The Bertz CT molecular complexity index is 375. The summed E-state index contributed by atoms with van der Waals surface area (Å²) < 4.78 is 5.12. The average Bonchev–Trinajstić information content (AvgIpc) is 2.89. The van der Waals surface area contributed by atoms with E-state index in [1.807, 2.05) is 11.0 Å². The number of hydrogen-bond acceptors (Lipinski definition) is 3. The topological polar surface area (TPSA) is 53.7 Å². The Morgan fingerprint density at radius 3 is 2.88 bits per heavy atom. The zero-order valence-corrected chi connectivity index (χ0v) is 9.71. The lowest BCUT2D eigenvalue weighted by Gasteiger charge is -2.30. The van der Waals surface area contributed by atoms with Crippen LogP contribution in [0.5, 0.6) is 0 Å². The molecule has 2 rings (SSSR count). The van der Waals surface area contributed by atoms with Gasteiger partial charge in [0.25, 0.3) is 0 Å². The van der Waals surface area contributed by atoms with E-state index in [9.17, 15) is 4.79 Å². The highest BCUT2D eigenvalue weighted by Gasteiger charge is 2.20. The summed E-state index contributed by atoms with van der Waals surface area (Å²) in [4.78, 5) is 13.6. The molecule has 92 valence electrons. The van der Waals surface area contributed by atoms with Crippen molar-refractivity contribution < 1.29 is 14.3 Å². The van der Waals surface area contributed by atoms with Crippen LogP contribution in [0.15, 0.2) is 28.9 Å². The van der Waals surface area contributed by atoms with Crippen LogP contribution in [0.1, 0.15) is 18.6 Å². The summed E-state index contributed by atoms with van der Waals surface area (Å²) in [5, 5.41) is 9.01. The van der Waals surface area contributed by atoms with Gasteiger partial charge < -0.3 is 14.4 Å². The average molecular weight is 235 g/mol. The molecule has 1 saturated heterocycles. The van der Waals surface area contributed by atoms with Gasteiger partial charge in [-0.25, -0.2) is 0 Å². The van der Waals surface area contributed by atoms with Crippen LogP contribution in [0.25, 0.3) is 6.08 Å². The van der Waals surface area contributed by atoms with E-state index >= 15 is 0 Å². The molecule has 0 unspecified atom stereocenters. The Kier molecular flexibility index (Phi) is 3.98. The number of carbonyl (C=O) groups excluding carboxylic acids is 1. The van der Waals surface area contributed by atoms with Crippen molar-refractivity contribution >= 4 is 12.0 Å². The van der Waals surface area contributed by atoms with Crippen molar-refractivity contribution in [1.29, 1.82) is 0 Å². The Morgan fingerprint density at radius 2 is 2.29 bits per heavy atom. The Balaban J connectivity index is 1.85. The van der Waals surface area contributed by atoms with Crippen LogP contribution in [0, 0.1) is 5.92 Å². The third kappa shape index (κ3) is 3.20. The van der Waals surface area contributed by atoms with Crippen LogP contribution in [-0.4, -0.2) is 35.6 Å². The first-order valence-electron chi connectivity index (χ1n) is 5.91. The van der Waals surface area contributed by atoms with Crippen molar-refractivity contribution in [1.82, 2.24) is 4.90 Å². The van der Waals surface area contributed by atoms with E-state index in [0.29, 0.717) is 11.7 Å². The SMILES string of the molecule is O=C(/C=C/c1ccco1)N1CCC(CO)CC1. The molecule has 1 aliphatic heterocycles. The summed E-state index contributed by atoms with van der Waals surface area (Å²) in [6, 6.07) is 3.60. The number of furan rings is 1. The molecular weight excluding hydrogens is 218 g/mol. The number of rotatable bonds is 3. The minimum absolute atomic E-state index is 0.0118. The van der Waals surface area contributed by atoms with Crippen molar-refractivity contribution in [3.63, 3.8) is 0 Å². The molecule has 2 heterocycles. The minimum atomic E-state index is 0.0118. The lowest BCUT2D eigenvalue weighted by Crippen LogP contribution is -2.38. The van der Waals surface area contributed by atoms with Crippen molar-refractivity contribution in [2.24, 2.45) is 5.92 Å². The summed E-state index contributed by atoms with van der Waals surface area (Å²) in [5.41, 5.74) is 0. The van der Waals surface area contributed by atoms with Crippen LogP contribution in [0.3, 0.4) is 0 Å². The van der Waals surface area contributed by atoms with Crippen LogP contribution in [-0.2, 0) is 4.79 Å². The maximum atomic E-state index is 11.8. The van der Waals surface area contributed by atoms with Gasteiger partial charge in [-0.05, 0) is 37.0 Å². The van der Waals surface area contributed by atoms with Gasteiger partial charge in [0.05, 0.1) is 6.26 Å². The second-order valence-electron chi connectivity index (χ2n) is 4.30. The first-order chi connectivity index (χ1) is 8.29. The van der Waals surface area contributed by atoms with E-state index in [-0.39, 0.29) is 12.5 Å². The standard InChI is InChI=1S/C13H17NO3/c15-10-11-5-7-14(8-6-11)13(16)4-3-12-2-1-9-17-12/h1-4,9,11,15H,5-8,10H2/b4-3+. The van der Waals surface area contributed by atoms with Gasteiger partial charge in [0, 0.05) is 25.8 Å². The molecule has 1 amide bonds. The van der Waals surface area contributed by atoms with Gasteiger partial charge in [0.1, 0.15) is 5.76 Å². The Labute approximate surface area is 101 Å². The van der Waals surface area contributed by atoms with Crippen LogP contribution >= 0.6 is 0 Å². The second kappa shape index (κ2) is 5.68. The number of likely N-dealkylation sites (tertiary alicyclic amines) is 1. The van der Waals surface area contributed by atoms with Crippen LogP contribution in [0.2, 0.25) is 0 Å². The molecule has 17 heavy (non-hydrogen) atoms. The summed E-state index contributed by atoms with van der Waals surface area (Å²) in [6.07, 6.45) is 6.57. The molecule has 1 N–H and O–H groups in total. The van der Waals surface area contributed by atoms with Crippen molar-refractivity contribution in [2.45, 2.75) is 12.8 Å². The largest absolute Gasteiger partial charge is 0.465 e. The number of piperidine rings is 1. The maximum absolute atomic E-state index is 11.8. The Morgan fingerprint density at radius 1 is 1.53 bits per heavy atom. The number of aliphatic hydroxyl groups excluding tert-OH is 1. The van der Waals surface area contributed by atoms with E-state index in [2.05, 4.69) is 0 Å². The molecule has 1 aliphatic rings. The molecule has 0 saturated carbocycles. The fourth-order valence-corrected chi connectivity index (χ4v) is 1.98. The third-order valence-electron chi connectivity index (χ3n) is 3.12. The third-order valence-corrected chi connectivity index (χ3v) is 3.12. The van der Waals surface area contributed by atoms with E-state index < -0.39 is 0 Å². The molecule has 0 aliphatic carbocycles. The monoisotopic (exact) mass is 235 g/mol. The lowest BCUT2D eigenvalue weighted by atomic mass is 9.98. The zero-order valence-electron chi connectivity index (χ0n) is 9.71. The van der Waals surface area contributed by atoms with Crippen LogP contribution in [0.4, 0.5) is 0 Å². The quantitative estimate of drug-likeness (QED) is 0.808. The number of amides is 1. The fourth-order valence-electron chi connectivity index (χ4n) is 1.98. The highest BCUT2D eigenvalue weighted by molar-refractivity contribution is 5.91. The van der Waals surface area contributed by atoms with Crippen LogP contribution < -0.4 is 0 Å². The predicted molar refractivity (Wildman–Crippen MR) is 64.1 cm³/mol. The zero-order chi connectivity index (χ0) is 12.1. The first kappa shape index (κ1) is 11.9. The molecule has 4 nitrogen and oxygen atoms in total. The molecule has 0 atom stereocenters. The van der Waals surface area contributed by atoms with Gasteiger partial charge in [-0.3, -0.25) is 4.79 Å². The lowest BCUT2D eigenvalue weighted by molar-refractivity contribution is -0.127. The van der Waals surface area contributed by atoms with E-state index in [4.69, 9.17) is 9.52 Å². The molecule has 1 fully saturated rings. The van der Waals surface area contributed by atoms with E-state index in [1.165, 1.54) is 6.08 Å². The normalized spacial score (nSPS) is 17.8. The van der Waals surface area contributed by atoms with Gasteiger partial charge in [0.2, 0.25) is 5.91 Å². The Hall–Kier alpha value is -1.55. The first-order valence-corrected chi connectivity index (χ1v) is 5.91. The molecular formula is C13H17NO3. The second-order valence-corrected chi connectivity index (χ2v) is 4.30. The number of carbonyl (C=O) groups is 1. The molecule has 0 spiro atoms. The molecule has 1 aromatic rings. The summed E-state index contributed by atoms with van der Waals surface area (Å²) in [6.45, 7) is 1.68. The smallest absolute Gasteiger partial charge is 0.246 e. The molecule has 0 aromatic carbocycles. The van der Waals surface area contributed by atoms with Crippen molar-refractivity contribution in [3.05, 3.63) is 30.2 Å². The number of hydrogen-bond donors (Lipinski definition) is 1. The fraction of sp³-hybridized carbons (Fsp3) is 0.462. The highest BCUT2D eigenvalue weighted by atomic mass is 16.3. The maximum Gasteiger partial charge on any atom is 0.246 e.